The fraction of sp³-hybridized carbons (Fsp3) is 0.500. The highest BCUT2D eigenvalue weighted by Crippen LogP contribution is 2.40. The third kappa shape index (κ3) is 3.35. The first-order chi connectivity index (χ1) is 11.7. The molecule has 1 aromatic heterocycles. The van der Waals surface area contributed by atoms with Gasteiger partial charge in [0.15, 0.2) is 0 Å². The van der Waals surface area contributed by atoms with Crippen LogP contribution in [0.3, 0.4) is 0 Å². The Hall–Kier alpha value is -1.78. The molecule has 0 N–H and O–H groups in total. The van der Waals surface area contributed by atoms with E-state index in [4.69, 9.17) is 4.74 Å². The summed E-state index contributed by atoms with van der Waals surface area (Å²) in [4.78, 5) is 11.3. The molecule has 2 fully saturated rings. The van der Waals surface area contributed by atoms with Crippen molar-refractivity contribution in [3.8, 4) is 0 Å². The van der Waals surface area contributed by atoms with Crippen molar-refractivity contribution < 1.29 is 4.74 Å². The Bertz CT molecular complexity index is 700. The number of aryl methyl sites for hydroxylation is 2. The second-order valence-electron chi connectivity index (χ2n) is 7.20. The molecule has 1 aromatic carbocycles. The van der Waals surface area contributed by atoms with Gasteiger partial charge in [0.1, 0.15) is 11.9 Å². The van der Waals surface area contributed by atoms with E-state index in [0.29, 0.717) is 12.0 Å². The van der Waals surface area contributed by atoms with Gasteiger partial charge in [-0.15, -0.1) is 0 Å². The Labute approximate surface area is 143 Å². The maximum Gasteiger partial charge on any atom is 0.125 e. The molecule has 0 spiro atoms. The lowest BCUT2D eigenvalue weighted by Crippen LogP contribution is -2.41. The van der Waals surface area contributed by atoms with E-state index >= 15 is 0 Å². The molecule has 3 atom stereocenters. The summed E-state index contributed by atoms with van der Waals surface area (Å²) >= 11 is 0. The predicted molar refractivity (Wildman–Crippen MR) is 93.6 cm³/mol. The van der Waals surface area contributed by atoms with Crippen molar-refractivity contribution in [3.63, 3.8) is 0 Å². The third-order valence-electron chi connectivity index (χ3n) is 5.29. The molecule has 4 rings (SSSR count). The minimum Gasteiger partial charge on any atom is -0.367 e. The Morgan fingerprint density at radius 1 is 1.17 bits per heavy atom. The lowest BCUT2D eigenvalue weighted by Gasteiger charge is -2.34. The number of nitrogens with zero attached hydrogens (tertiary/aromatic N) is 3. The molecule has 4 heteroatoms. The van der Waals surface area contributed by atoms with E-state index in [1.54, 1.807) is 0 Å². The van der Waals surface area contributed by atoms with Gasteiger partial charge in [-0.25, -0.2) is 9.97 Å². The summed E-state index contributed by atoms with van der Waals surface area (Å²) in [5, 5.41) is 0. The van der Waals surface area contributed by atoms with E-state index in [1.165, 1.54) is 17.5 Å². The van der Waals surface area contributed by atoms with Crippen LogP contribution < -0.4 is 0 Å². The van der Waals surface area contributed by atoms with E-state index in [-0.39, 0.29) is 6.10 Å². The Morgan fingerprint density at radius 3 is 2.79 bits per heavy atom. The van der Waals surface area contributed by atoms with Crippen molar-refractivity contribution in [2.24, 2.45) is 5.92 Å². The number of hydrogen-bond acceptors (Lipinski definition) is 4. The zero-order valence-corrected chi connectivity index (χ0v) is 14.5. The van der Waals surface area contributed by atoms with Crippen LogP contribution in [0.4, 0.5) is 0 Å². The van der Waals surface area contributed by atoms with Crippen LogP contribution in [0, 0.1) is 19.8 Å². The fourth-order valence-corrected chi connectivity index (χ4v) is 3.93. The zero-order valence-electron chi connectivity index (χ0n) is 14.5. The molecule has 2 saturated heterocycles. The quantitative estimate of drug-likeness (QED) is 0.867. The van der Waals surface area contributed by atoms with Crippen molar-refractivity contribution in [2.45, 2.75) is 45.4 Å². The Kier molecular flexibility index (Phi) is 4.33. The van der Waals surface area contributed by atoms with Crippen LogP contribution in [-0.2, 0) is 11.3 Å². The molecule has 2 aromatic rings. The van der Waals surface area contributed by atoms with Gasteiger partial charge in [-0.2, -0.15) is 0 Å². The molecule has 0 unspecified atom stereocenters. The third-order valence-corrected chi connectivity index (χ3v) is 5.29. The van der Waals surface area contributed by atoms with Gasteiger partial charge < -0.3 is 4.74 Å². The van der Waals surface area contributed by atoms with Crippen molar-refractivity contribution in [3.05, 3.63) is 59.2 Å². The molecule has 2 aliphatic rings. The van der Waals surface area contributed by atoms with Gasteiger partial charge in [-0.1, -0.05) is 29.8 Å². The van der Waals surface area contributed by atoms with Crippen molar-refractivity contribution in [2.75, 3.05) is 13.1 Å². The highest BCUT2D eigenvalue weighted by atomic mass is 16.5. The van der Waals surface area contributed by atoms with Gasteiger partial charge >= 0.3 is 0 Å². The van der Waals surface area contributed by atoms with E-state index in [9.17, 15) is 0 Å². The monoisotopic (exact) mass is 323 g/mol. The highest BCUT2D eigenvalue weighted by molar-refractivity contribution is 5.21. The van der Waals surface area contributed by atoms with Crippen molar-refractivity contribution in [1.82, 2.24) is 14.9 Å². The van der Waals surface area contributed by atoms with Gasteiger partial charge in [0.25, 0.3) is 0 Å². The average Bonchev–Trinajstić information content (AvgIpc) is 3.00. The standard InChI is InChI=1S/C20H25N3O/c1-14-3-5-16(6-4-14)12-23-10-8-17-11-19(24-20(17)13-23)18-7-9-21-15(2)22-18/h3-7,9,17,19-20H,8,10-13H2,1-2H3/t17-,19-,20+/m1/s1. The second-order valence-corrected chi connectivity index (χ2v) is 7.20. The maximum atomic E-state index is 6.36. The summed E-state index contributed by atoms with van der Waals surface area (Å²) in [6.07, 6.45) is 4.63. The lowest BCUT2D eigenvalue weighted by atomic mass is 9.91. The summed E-state index contributed by atoms with van der Waals surface area (Å²) in [7, 11) is 0. The molecular formula is C20H25N3O. The number of likely N-dealkylation sites (tertiary alicyclic amines) is 1. The molecule has 0 bridgehead atoms. The van der Waals surface area contributed by atoms with Gasteiger partial charge in [-0.3, -0.25) is 4.90 Å². The van der Waals surface area contributed by atoms with E-state index in [0.717, 1.165) is 37.6 Å². The van der Waals surface area contributed by atoms with Gasteiger partial charge in [0.2, 0.25) is 0 Å². The van der Waals surface area contributed by atoms with E-state index in [2.05, 4.69) is 46.1 Å². The van der Waals surface area contributed by atoms with Crippen LogP contribution in [0.2, 0.25) is 0 Å². The molecule has 4 nitrogen and oxygen atoms in total. The number of ether oxygens (including phenoxy) is 1. The number of rotatable bonds is 3. The predicted octanol–water partition coefficient (Wildman–Crippen LogP) is 3.45. The number of aromatic nitrogens is 2. The lowest BCUT2D eigenvalue weighted by molar-refractivity contribution is -0.0107. The summed E-state index contributed by atoms with van der Waals surface area (Å²) in [5.74, 6) is 1.49. The van der Waals surface area contributed by atoms with Crippen LogP contribution in [-0.4, -0.2) is 34.1 Å². The molecule has 2 aliphatic heterocycles. The van der Waals surface area contributed by atoms with Crippen LogP contribution >= 0.6 is 0 Å². The first-order valence-electron chi connectivity index (χ1n) is 8.90. The normalized spacial score (nSPS) is 27.2. The zero-order chi connectivity index (χ0) is 16.5. The molecule has 3 heterocycles. The van der Waals surface area contributed by atoms with Gasteiger partial charge in [0.05, 0.1) is 11.8 Å². The average molecular weight is 323 g/mol. The second kappa shape index (κ2) is 6.61. The SMILES string of the molecule is Cc1ccc(CN2CC[C@@H]3C[C@H](c4ccnc(C)n4)O[C@H]3C2)cc1. The van der Waals surface area contributed by atoms with Crippen LogP contribution in [0.15, 0.2) is 36.5 Å². The molecular weight excluding hydrogens is 298 g/mol. The molecule has 0 aliphatic carbocycles. The summed E-state index contributed by atoms with van der Waals surface area (Å²) < 4.78 is 6.36. The van der Waals surface area contributed by atoms with Gasteiger partial charge in [0, 0.05) is 19.3 Å². The first-order valence-corrected chi connectivity index (χ1v) is 8.90. The number of piperidine rings is 1. The number of benzene rings is 1. The van der Waals surface area contributed by atoms with Crippen LogP contribution in [0.1, 0.15) is 41.6 Å². The first kappa shape index (κ1) is 15.7. The van der Waals surface area contributed by atoms with Crippen LogP contribution in [0.5, 0.6) is 0 Å². The molecule has 0 amide bonds. The molecule has 24 heavy (non-hydrogen) atoms. The smallest absolute Gasteiger partial charge is 0.125 e. The largest absolute Gasteiger partial charge is 0.367 e. The molecule has 126 valence electrons. The Balaban J connectivity index is 1.39. The van der Waals surface area contributed by atoms with E-state index < -0.39 is 0 Å². The maximum absolute atomic E-state index is 6.36. The number of hydrogen-bond donors (Lipinski definition) is 0. The minimum absolute atomic E-state index is 0.140. The summed E-state index contributed by atoms with van der Waals surface area (Å²) in [6, 6.07) is 10.9. The topological polar surface area (TPSA) is 38.2 Å². The van der Waals surface area contributed by atoms with Crippen molar-refractivity contribution >= 4 is 0 Å². The minimum atomic E-state index is 0.140. The van der Waals surface area contributed by atoms with E-state index in [1.807, 2.05) is 19.2 Å². The van der Waals surface area contributed by atoms with Crippen molar-refractivity contribution in [1.29, 1.82) is 0 Å². The molecule has 0 saturated carbocycles. The van der Waals surface area contributed by atoms with Gasteiger partial charge in [-0.05, 0) is 50.8 Å². The summed E-state index contributed by atoms with van der Waals surface area (Å²) in [5.41, 5.74) is 3.75. The Morgan fingerprint density at radius 2 is 2.00 bits per heavy atom. The summed E-state index contributed by atoms with van der Waals surface area (Å²) in [6.45, 7) is 7.28. The highest BCUT2D eigenvalue weighted by Gasteiger charge is 2.40. The fourth-order valence-electron chi connectivity index (χ4n) is 3.93. The molecule has 0 radical (unpaired) electrons. The number of fused-ring (bicyclic) bond motifs is 1. The van der Waals surface area contributed by atoms with Crippen LogP contribution in [0.25, 0.3) is 0 Å².